The highest BCUT2D eigenvalue weighted by Crippen LogP contribution is 2.42. The van der Waals surface area contributed by atoms with Gasteiger partial charge in [0, 0.05) is 17.3 Å². The maximum absolute atomic E-state index is 9.86. The van der Waals surface area contributed by atoms with Crippen LogP contribution in [0.1, 0.15) is 44.9 Å². The smallest absolute Gasteiger partial charge is 0.0693 e. The Morgan fingerprint density at radius 2 is 2.00 bits per heavy atom. The fourth-order valence-electron chi connectivity index (χ4n) is 2.69. The molecule has 3 heteroatoms. The van der Waals surface area contributed by atoms with E-state index in [0.29, 0.717) is 10.8 Å². The maximum atomic E-state index is 9.86. The molecule has 15 heavy (non-hydrogen) atoms. The second-order valence-electron chi connectivity index (χ2n) is 5.08. The van der Waals surface area contributed by atoms with Gasteiger partial charge in [0.15, 0.2) is 0 Å². The zero-order chi connectivity index (χ0) is 10.7. The van der Waals surface area contributed by atoms with E-state index in [9.17, 15) is 5.11 Å². The van der Waals surface area contributed by atoms with Gasteiger partial charge in [-0.3, -0.25) is 0 Å². The van der Waals surface area contributed by atoms with Crippen molar-refractivity contribution in [1.29, 1.82) is 0 Å². The van der Waals surface area contributed by atoms with Gasteiger partial charge in [-0.25, -0.2) is 0 Å². The molecule has 88 valence electrons. The number of aliphatic hydroxyl groups is 1. The van der Waals surface area contributed by atoms with E-state index in [2.05, 4.69) is 11.6 Å². The Bertz CT molecular complexity index is 200. The zero-order valence-corrected chi connectivity index (χ0v) is 10.5. The van der Waals surface area contributed by atoms with Gasteiger partial charge in [-0.1, -0.05) is 19.3 Å². The summed E-state index contributed by atoms with van der Waals surface area (Å²) in [5.74, 6) is 0. The Hall–Kier alpha value is 0.270. The van der Waals surface area contributed by atoms with Gasteiger partial charge < -0.3 is 10.4 Å². The lowest BCUT2D eigenvalue weighted by Crippen LogP contribution is -2.50. The minimum absolute atomic E-state index is 0.0993. The Morgan fingerprint density at radius 1 is 1.27 bits per heavy atom. The van der Waals surface area contributed by atoms with E-state index in [4.69, 9.17) is 0 Å². The van der Waals surface area contributed by atoms with Gasteiger partial charge in [0.05, 0.1) is 6.10 Å². The predicted octanol–water partition coefficient (Wildman–Crippen LogP) is 2.17. The van der Waals surface area contributed by atoms with Crippen LogP contribution >= 0.6 is 11.8 Å². The van der Waals surface area contributed by atoms with Crippen molar-refractivity contribution in [2.24, 2.45) is 0 Å². The summed E-state index contributed by atoms with van der Waals surface area (Å²) in [5, 5.41) is 13.5. The Balaban J connectivity index is 1.76. The first-order chi connectivity index (χ1) is 7.26. The van der Waals surface area contributed by atoms with Crippen molar-refractivity contribution >= 4 is 11.8 Å². The standard InChI is InChI=1S/C12H23NOS/c1-15-12(7-4-8-12)9-13-10-5-2-3-6-11(10)14/h10-11,13-14H,2-9H2,1H3. The quantitative estimate of drug-likeness (QED) is 0.775. The highest BCUT2D eigenvalue weighted by molar-refractivity contribution is 8.00. The van der Waals surface area contributed by atoms with Crippen molar-refractivity contribution in [3.63, 3.8) is 0 Å². The highest BCUT2D eigenvalue weighted by Gasteiger charge is 2.37. The van der Waals surface area contributed by atoms with Crippen LogP contribution in [-0.4, -0.2) is 34.8 Å². The number of thioether (sulfide) groups is 1. The monoisotopic (exact) mass is 229 g/mol. The van der Waals surface area contributed by atoms with Gasteiger partial charge in [0.2, 0.25) is 0 Å². The summed E-state index contributed by atoms with van der Waals surface area (Å²) in [6.45, 7) is 1.09. The second kappa shape index (κ2) is 5.07. The molecule has 2 nitrogen and oxygen atoms in total. The van der Waals surface area contributed by atoms with E-state index in [1.165, 1.54) is 32.1 Å². The number of aliphatic hydroxyl groups excluding tert-OH is 1. The van der Waals surface area contributed by atoms with Crippen molar-refractivity contribution in [2.45, 2.75) is 61.8 Å². The van der Waals surface area contributed by atoms with Crippen LogP contribution in [0, 0.1) is 0 Å². The minimum Gasteiger partial charge on any atom is -0.392 e. The van der Waals surface area contributed by atoms with E-state index in [1.54, 1.807) is 0 Å². The second-order valence-corrected chi connectivity index (χ2v) is 6.35. The van der Waals surface area contributed by atoms with Crippen LogP contribution in [0.3, 0.4) is 0 Å². The molecule has 0 heterocycles. The summed E-state index contributed by atoms with van der Waals surface area (Å²) in [5.41, 5.74) is 0. The van der Waals surface area contributed by atoms with E-state index in [1.807, 2.05) is 11.8 Å². The lowest BCUT2D eigenvalue weighted by Gasteiger charge is -2.42. The molecule has 0 amide bonds. The molecule has 0 aromatic carbocycles. The minimum atomic E-state index is -0.0993. The van der Waals surface area contributed by atoms with Crippen molar-refractivity contribution in [3.8, 4) is 0 Å². The number of hydrogen-bond acceptors (Lipinski definition) is 3. The molecule has 0 spiro atoms. The normalized spacial score (nSPS) is 34.8. The molecule has 2 aliphatic rings. The molecule has 0 radical (unpaired) electrons. The fraction of sp³-hybridized carbons (Fsp3) is 1.00. The van der Waals surface area contributed by atoms with Gasteiger partial charge in [-0.15, -0.1) is 0 Å². The Kier molecular flexibility index (Phi) is 3.97. The molecule has 2 rings (SSSR count). The lowest BCUT2D eigenvalue weighted by molar-refractivity contribution is 0.0878. The topological polar surface area (TPSA) is 32.3 Å². The molecular weight excluding hydrogens is 206 g/mol. The predicted molar refractivity (Wildman–Crippen MR) is 66.4 cm³/mol. The van der Waals surface area contributed by atoms with Crippen molar-refractivity contribution < 1.29 is 5.11 Å². The van der Waals surface area contributed by atoms with Gasteiger partial charge in [-0.2, -0.15) is 11.8 Å². The summed E-state index contributed by atoms with van der Waals surface area (Å²) in [6, 6.07) is 0.364. The van der Waals surface area contributed by atoms with Crippen LogP contribution in [0.4, 0.5) is 0 Å². The third kappa shape index (κ3) is 2.69. The molecular formula is C12H23NOS. The summed E-state index contributed by atoms with van der Waals surface area (Å²) in [4.78, 5) is 0. The largest absolute Gasteiger partial charge is 0.392 e. The van der Waals surface area contributed by atoms with E-state index in [-0.39, 0.29) is 6.10 Å². The van der Waals surface area contributed by atoms with Gasteiger partial charge in [0.1, 0.15) is 0 Å². The van der Waals surface area contributed by atoms with Crippen LogP contribution in [0.5, 0.6) is 0 Å². The molecule has 0 bridgehead atoms. The molecule has 0 aliphatic heterocycles. The average Bonchev–Trinajstić information content (AvgIpc) is 2.19. The van der Waals surface area contributed by atoms with Crippen LogP contribution in [-0.2, 0) is 0 Å². The third-order valence-corrected chi connectivity index (χ3v) is 5.53. The zero-order valence-electron chi connectivity index (χ0n) is 9.67. The molecule has 2 atom stereocenters. The van der Waals surface area contributed by atoms with Crippen molar-refractivity contribution in [2.75, 3.05) is 12.8 Å². The summed E-state index contributed by atoms with van der Waals surface area (Å²) < 4.78 is 0.497. The molecule has 2 aliphatic carbocycles. The molecule has 2 N–H and O–H groups in total. The molecule has 2 saturated carbocycles. The molecule has 2 unspecified atom stereocenters. The first kappa shape index (κ1) is 11.7. The van der Waals surface area contributed by atoms with E-state index >= 15 is 0 Å². The maximum Gasteiger partial charge on any atom is 0.0693 e. The lowest BCUT2D eigenvalue weighted by atomic mass is 9.83. The number of hydrogen-bond donors (Lipinski definition) is 2. The van der Waals surface area contributed by atoms with Crippen LogP contribution in [0.2, 0.25) is 0 Å². The molecule has 0 aromatic heterocycles. The summed E-state index contributed by atoms with van der Waals surface area (Å²) in [6.07, 6.45) is 10.8. The Labute approximate surface area is 97.2 Å². The van der Waals surface area contributed by atoms with E-state index < -0.39 is 0 Å². The van der Waals surface area contributed by atoms with Gasteiger partial charge >= 0.3 is 0 Å². The summed E-state index contributed by atoms with van der Waals surface area (Å²) in [7, 11) is 0. The van der Waals surface area contributed by atoms with Gasteiger partial charge in [-0.05, 0) is 31.9 Å². The molecule has 0 aromatic rings. The molecule has 2 fully saturated rings. The highest BCUT2D eigenvalue weighted by atomic mass is 32.2. The first-order valence-corrected chi connectivity index (χ1v) is 7.45. The van der Waals surface area contributed by atoms with Crippen molar-refractivity contribution in [1.82, 2.24) is 5.32 Å². The van der Waals surface area contributed by atoms with Crippen LogP contribution < -0.4 is 5.32 Å². The van der Waals surface area contributed by atoms with Crippen LogP contribution in [0.15, 0.2) is 0 Å². The number of nitrogens with one attached hydrogen (secondary N) is 1. The Morgan fingerprint density at radius 3 is 2.53 bits per heavy atom. The number of rotatable bonds is 4. The summed E-state index contributed by atoms with van der Waals surface area (Å²) >= 11 is 2.00. The fourth-order valence-corrected chi connectivity index (χ4v) is 3.62. The van der Waals surface area contributed by atoms with E-state index in [0.717, 1.165) is 19.4 Å². The van der Waals surface area contributed by atoms with Gasteiger partial charge in [0.25, 0.3) is 0 Å². The molecule has 0 saturated heterocycles. The third-order valence-electron chi connectivity index (χ3n) is 4.11. The SMILES string of the molecule is CSC1(CNC2CCCCC2O)CCC1. The van der Waals surface area contributed by atoms with Crippen molar-refractivity contribution in [3.05, 3.63) is 0 Å². The first-order valence-electron chi connectivity index (χ1n) is 6.22. The van der Waals surface area contributed by atoms with Crippen LogP contribution in [0.25, 0.3) is 0 Å². The average molecular weight is 229 g/mol.